The van der Waals surface area contributed by atoms with Gasteiger partial charge in [0.25, 0.3) is 5.91 Å². The molecule has 158 valence electrons. The van der Waals surface area contributed by atoms with E-state index in [1.165, 1.54) is 7.11 Å². The number of aromatic carboxylic acids is 1. The van der Waals surface area contributed by atoms with E-state index in [9.17, 15) is 19.1 Å². The number of carbonyl (C=O) groups is 2. The van der Waals surface area contributed by atoms with Crippen molar-refractivity contribution in [2.75, 3.05) is 25.1 Å². The number of alkyl halides is 1. The largest absolute Gasteiger partial charge is 0.477 e. The standard InChI is InChI=1S/C17H21ClFN5O4S/c1-3-8-13(18)23-14(20-8)15(25)21-9-4-5-24(7-11(9)28-2)17-22-10(6-19)12(29-17)16(26)27/h9,11H,3-7H2,1-2H3,(H,20,23)(H,21,25)(H,26,27). The van der Waals surface area contributed by atoms with Gasteiger partial charge in [-0.1, -0.05) is 29.9 Å². The third-order valence-corrected chi connectivity index (χ3v) is 6.21. The molecule has 9 nitrogen and oxygen atoms in total. The van der Waals surface area contributed by atoms with Gasteiger partial charge in [-0.2, -0.15) is 0 Å². The number of hydrogen-bond acceptors (Lipinski definition) is 7. The van der Waals surface area contributed by atoms with Gasteiger partial charge >= 0.3 is 5.97 Å². The maximum atomic E-state index is 13.1. The van der Waals surface area contributed by atoms with Gasteiger partial charge < -0.3 is 25.0 Å². The normalized spacial score (nSPS) is 19.4. The summed E-state index contributed by atoms with van der Waals surface area (Å²) in [6, 6.07) is -0.280. The monoisotopic (exact) mass is 445 g/mol. The second-order valence-corrected chi connectivity index (χ2v) is 7.84. The minimum Gasteiger partial charge on any atom is -0.477 e. The van der Waals surface area contributed by atoms with Crippen LogP contribution in [0.5, 0.6) is 0 Å². The molecule has 3 heterocycles. The maximum absolute atomic E-state index is 13.1. The number of carboxylic acid groups (broad SMARTS) is 1. The van der Waals surface area contributed by atoms with E-state index >= 15 is 0 Å². The van der Waals surface area contributed by atoms with E-state index in [1.807, 2.05) is 11.8 Å². The third kappa shape index (κ3) is 4.51. The number of H-pyrrole nitrogens is 1. The van der Waals surface area contributed by atoms with Crippen LogP contribution in [0.25, 0.3) is 0 Å². The molecule has 2 atom stereocenters. The molecule has 1 aliphatic rings. The Hall–Kier alpha value is -2.24. The average Bonchev–Trinajstić information content (AvgIpc) is 3.31. The minimum absolute atomic E-state index is 0.0803. The number of aromatic nitrogens is 3. The number of amides is 1. The SMILES string of the molecule is CCc1[nH]c(C(=O)NC2CCN(c3nc(CF)c(C(=O)O)s3)CC2OC)nc1Cl. The number of aryl methyl sites for hydroxylation is 1. The molecule has 0 spiro atoms. The lowest BCUT2D eigenvalue weighted by molar-refractivity contribution is 0.0538. The molecule has 0 radical (unpaired) electrons. The minimum atomic E-state index is -1.20. The van der Waals surface area contributed by atoms with Crippen molar-refractivity contribution in [3.05, 3.63) is 27.2 Å². The Balaban J connectivity index is 1.69. The van der Waals surface area contributed by atoms with Crippen LogP contribution in [0.4, 0.5) is 9.52 Å². The second-order valence-electron chi connectivity index (χ2n) is 6.51. The number of ether oxygens (including phenoxy) is 1. The Morgan fingerprint density at radius 3 is 2.79 bits per heavy atom. The second kappa shape index (κ2) is 9.06. The van der Waals surface area contributed by atoms with Gasteiger partial charge in [0, 0.05) is 20.2 Å². The van der Waals surface area contributed by atoms with Crippen LogP contribution in [0.1, 0.15) is 45.0 Å². The molecule has 3 N–H and O–H groups in total. The first kappa shape index (κ1) is 21.5. The van der Waals surface area contributed by atoms with Crippen molar-refractivity contribution in [1.82, 2.24) is 20.3 Å². The number of imidazole rings is 1. The lowest BCUT2D eigenvalue weighted by Crippen LogP contribution is -2.55. The molecule has 29 heavy (non-hydrogen) atoms. The average molecular weight is 446 g/mol. The van der Waals surface area contributed by atoms with Crippen LogP contribution in [0, 0.1) is 0 Å². The number of methoxy groups -OCH3 is 1. The van der Waals surface area contributed by atoms with Gasteiger partial charge in [-0.05, 0) is 12.8 Å². The van der Waals surface area contributed by atoms with Gasteiger partial charge in [0.05, 0.1) is 23.5 Å². The van der Waals surface area contributed by atoms with E-state index in [0.29, 0.717) is 36.8 Å². The fraction of sp³-hybridized carbons (Fsp3) is 0.529. The predicted octanol–water partition coefficient (Wildman–Crippen LogP) is 2.27. The molecule has 3 rings (SSSR count). The van der Waals surface area contributed by atoms with E-state index in [-0.39, 0.29) is 39.6 Å². The Kier molecular flexibility index (Phi) is 6.70. The van der Waals surface area contributed by atoms with Crippen molar-refractivity contribution in [1.29, 1.82) is 0 Å². The summed E-state index contributed by atoms with van der Waals surface area (Å²) in [5, 5.41) is 12.8. The quantitative estimate of drug-likeness (QED) is 0.597. The summed E-state index contributed by atoms with van der Waals surface area (Å²) in [4.78, 5) is 36.6. The van der Waals surface area contributed by atoms with Gasteiger partial charge in [0.1, 0.15) is 11.6 Å². The fourth-order valence-electron chi connectivity index (χ4n) is 3.19. The van der Waals surface area contributed by atoms with Crippen molar-refractivity contribution < 1.29 is 23.8 Å². The number of rotatable bonds is 7. The number of nitrogens with one attached hydrogen (secondary N) is 2. The predicted molar refractivity (Wildman–Crippen MR) is 106 cm³/mol. The summed E-state index contributed by atoms with van der Waals surface area (Å²) in [5.41, 5.74) is 0.611. The highest BCUT2D eigenvalue weighted by Crippen LogP contribution is 2.30. The van der Waals surface area contributed by atoms with Crippen molar-refractivity contribution in [2.45, 2.75) is 38.6 Å². The van der Waals surface area contributed by atoms with Crippen LogP contribution in [0.15, 0.2) is 0 Å². The molecule has 1 saturated heterocycles. The first-order valence-corrected chi connectivity index (χ1v) is 10.2. The summed E-state index contributed by atoms with van der Waals surface area (Å²) in [7, 11) is 1.53. The number of carbonyl (C=O) groups excluding carboxylic acids is 1. The zero-order chi connectivity index (χ0) is 21.1. The number of piperidine rings is 1. The highest BCUT2D eigenvalue weighted by Gasteiger charge is 2.33. The summed E-state index contributed by atoms with van der Waals surface area (Å²) >= 11 is 6.93. The van der Waals surface area contributed by atoms with Crippen molar-refractivity contribution in [3.63, 3.8) is 0 Å². The molecule has 12 heteroatoms. The smallest absolute Gasteiger partial charge is 0.347 e. The van der Waals surface area contributed by atoms with Crippen LogP contribution in [0.3, 0.4) is 0 Å². The molecule has 0 aliphatic carbocycles. The van der Waals surface area contributed by atoms with Crippen molar-refractivity contribution in [3.8, 4) is 0 Å². The number of anilines is 1. The van der Waals surface area contributed by atoms with Crippen LogP contribution < -0.4 is 10.2 Å². The molecular weight excluding hydrogens is 425 g/mol. The highest BCUT2D eigenvalue weighted by atomic mass is 35.5. The van der Waals surface area contributed by atoms with Crippen molar-refractivity contribution >= 4 is 39.9 Å². The van der Waals surface area contributed by atoms with E-state index in [4.69, 9.17) is 16.3 Å². The van der Waals surface area contributed by atoms with E-state index in [1.54, 1.807) is 0 Å². The summed E-state index contributed by atoms with van der Waals surface area (Å²) < 4.78 is 18.6. The maximum Gasteiger partial charge on any atom is 0.347 e. The Morgan fingerprint density at radius 2 is 2.24 bits per heavy atom. The number of carboxylic acids is 1. The number of thiazole rings is 1. The van der Waals surface area contributed by atoms with Crippen molar-refractivity contribution in [2.24, 2.45) is 0 Å². The number of aromatic amines is 1. The van der Waals surface area contributed by atoms with Gasteiger partial charge in [-0.15, -0.1) is 0 Å². The lowest BCUT2D eigenvalue weighted by atomic mass is 10.0. The fourth-order valence-corrected chi connectivity index (χ4v) is 4.40. The van der Waals surface area contributed by atoms with Gasteiger partial charge in [0.15, 0.2) is 16.1 Å². The van der Waals surface area contributed by atoms with E-state index < -0.39 is 12.6 Å². The summed E-state index contributed by atoms with van der Waals surface area (Å²) in [6.45, 7) is 1.84. The molecule has 2 aromatic rings. The van der Waals surface area contributed by atoms with Crippen LogP contribution in [-0.2, 0) is 17.8 Å². The van der Waals surface area contributed by atoms with E-state index in [2.05, 4.69) is 20.3 Å². The number of nitrogens with zero attached hydrogens (tertiary/aromatic N) is 3. The highest BCUT2D eigenvalue weighted by molar-refractivity contribution is 7.17. The van der Waals surface area contributed by atoms with Gasteiger partial charge in [0.2, 0.25) is 0 Å². The summed E-state index contributed by atoms with van der Waals surface area (Å²) in [5.74, 6) is -1.44. The molecule has 0 bridgehead atoms. The Morgan fingerprint density at radius 1 is 1.48 bits per heavy atom. The lowest BCUT2D eigenvalue weighted by Gasteiger charge is -2.37. The van der Waals surface area contributed by atoms with Gasteiger partial charge in [-0.25, -0.2) is 19.2 Å². The first-order chi connectivity index (χ1) is 13.9. The molecule has 1 aliphatic heterocycles. The van der Waals surface area contributed by atoms with Crippen LogP contribution >= 0.6 is 22.9 Å². The molecule has 1 fully saturated rings. The number of hydrogen-bond donors (Lipinski definition) is 3. The van der Waals surface area contributed by atoms with Crippen LogP contribution in [0.2, 0.25) is 5.15 Å². The summed E-state index contributed by atoms with van der Waals surface area (Å²) in [6.07, 6.45) is 0.798. The molecule has 0 saturated carbocycles. The molecular formula is C17H21ClFN5O4S. The number of halogens is 2. The van der Waals surface area contributed by atoms with Crippen LogP contribution in [-0.4, -0.2) is 64.3 Å². The molecule has 0 aromatic carbocycles. The third-order valence-electron chi connectivity index (χ3n) is 4.75. The molecule has 2 unspecified atom stereocenters. The Labute approximate surface area is 175 Å². The topological polar surface area (TPSA) is 120 Å². The zero-order valence-electron chi connectivity index (χ0n) is 15.9. The first-order valence-electron chi connectivity index (χ1n) is 8.99. The van der Waals surface area contributed by atoms with E-state index in [0.717, 1.165) is 11.3 Å². The zero-order valence-corrected chi connectivity index (χ0v) is 17.4. The Bertz CT molecular complexity index is 905. The molecule has 1 amide bonds. The molecule has 2 aromatic heterocycles. The van der Waals surface area contributed by atoms with Gasteiger partial charge in [-0.3, -0.25) is 4.79 Å².